The predicted octanol–water partition coefficient (Wildman–Crippen LogP) is 0.912. The molecule has 0 aromatic heterocycles. The molecule has 1 saturated heterocycles. The van der Waals surface area contributed by atoms with Crippen molar-refractivity contribution in [3.05, 3.63) is 24.3 Å². The lowest BCUT2D eigenvalue weighted by molar-refractivity contribution is 0.582. The number of sulfonamides is 1. The molecule has 1 aromatic carbocycles. The smallest absolute Gasteiger partial charge is 0.242 e. The molecule has 2 rings (SSSR count). The first kappa shape index (κ1) is 14.3. The van der Waals surface area contributed by atoms with Crippen molar-refractivity contribution < 1.29 is 8.42 Å². The molecule has 3 N–H and O–H groups in total. The summed E-state index contributed by atoms with van der Waals surface area (Å²) in [5.41, 5.74) is 6.53. The summed E-state index contributed by atoms with van der Waals surface area (Å²) in [5.74, 6) is 0. The Kier molecular flexibility index (Phi) is 4.44. The van der Waals surface area contributed by atoms with Crippen LogP contribution in [-0.2, 0) is 10.0 Å². The van der Waals surface area contributed by atoms with Crippen LogP contribution in [0.4, 0.5) is 5.69 Å². The molecule has 0 spiro atoms. The van der Waals surface area contributed by atoms with E-state index in [4.69, 9.17) is 5.73 Å². The van der Waals surface area contributed by atoms with E-state index in [0.717, 1.165) is 25.1 Å². The van der Waals surface area contributed by atoms with Gasteiger partial charge >= 0.3 is 0 Å². The van der Waals surface area contributed by atoms with E-state index >= 15 is 0 Å². The number of benzene rings is 1. The SMILES string of the molecule is CCNS(=O)(=O)c1ccccc1N1CCCC1CN. The molecule has 1 fully saturated rings. The highest BCUT2D eigenvalue weighted by atomic mass is 32.2. The second-order valence-corrected chi connectivity index (χ2v) is 6.43. The highest BCUT2D eigenvalue weighted by molar-refractivity contribution is 7.89. The molecule has 1 atom stereocenters. The number of hydrogen-bond donors (Lipinski definition) is 2. The monoisotopic (exact) mass is 283 g/mol. The van der Waals surface area contributed by atoms with Gasteiger partial charge in [-0.25, -0.2) is 13.1 Å². The summed E-state index contributed by atoms with van der Waals surface area (Å²) >= 11 is 0. The van der Waals surface area contributed by atoms with E-state index in [9.17, 15) is 8.42 Å². The molecule has 0 bridgehead atoms. The Hall–Kier alpha value is -1.11. The van der Waals surface area contributed by atoms with Gasteiger partial charge in [-0.05, 0) is 25.0 Å². The average Bonchev–Trinajstić information content (AvgIpc) is 2.87. The summed E-state index contributed by atoms with van der Waals surface area (Å²) in [7, 11) is -3.44. The second-order valence-electron chi connectivity index (χ2n) is 4.69. The zero-order valence-corrected chi connectivity index (χ0v) is 12.0. The average molecular weight is 283 g/mol. The Bertz CT molecular complexity index is 530. The highest BCUT2D eigenvalue weighted by Gasteiger charge is 2.28. The van der Waals surface area contributed by atoms with Gasteiger partial charge in [0.15, 0.2) is 0 Å². The van der Waals surface area contributed by atoms with Crippen molar-refractivity contribution in [3.63, 3.8) is 0 Å². The predicted molar refractivity (Wildman–Crippen MR) is 76.7 cm³/mol. The van der Waals surface area contributed by atoms with Gasteiger partial charge in [0.1, 0.15) is 4.90 Å². The molecule has 0 saturated carbocycles. The molecule has 1 unspecified atom stereocenters. The Morgan fingerprint density at radius 2 is 2.16 bits per heavy atom. The van der Waals surface area contributed by atoms with E-state index < -0.39 is 10.0 Å². The molecule has 1 aliphatic heterocycles. The first-order chi connectivity index (χ1) is 9.10. The molecular weight excluding hydrogens is 262 g/mol. The minimum Gasteiger partial charge on any atom is -0.366 e. The zero-order chi connectivity index (χ0) is 13.9. The van der Waals surface area contributed by atoms with Crippen molar-refractivity contribution in [1.29, 1.82) is 0 Å². The van der Waals surface area contributed by atoms with Crippen LogP contribution in [0.15, 0.2) is 29.2 Å². The van der Waals surface area contributed by atoms with Crippen molar-refractivity contribution in [2.45, 2.75) is 30.7 Å². The van der Waals surface area contributed by atoms with E-state index in [2.05, 4.69) is 9.62 Å². The van der Waals surface area contributed by atoms with Crippen LogP contribution in [0.1, 0.15) is 19.8 Å². The highest BCUT2D eigenvalue weighted by Crippen LogP contribution is 2.30. The van der Waals surface area contributed by atoms with Crippen LogP contribution >= 0.6 is 0 Å². The fraction of sp³-hybridized carbons (Fsp3) is 0.538. The summed E-state index contributed by atoms with van der Waals surface area (Å²) in [6.07, 6.45) is 2.07. The molecule has 6 heteroatoms. The summed E-state index contributed by atoms with van der Waals surface area (Å²) in [6.45, 7) is 3.58. The molecule has 106 valence electrons. The van der Waals surface area contributed by atoms with Crippen LogP contribution in [0, 0.1) is 0 Å². The minimum atomic E-state index is -3.44. The standard InChI is InChI=1S/C13H21N3O2S/c1-2-15-19(17,18)13-8-4-3-7-12(13)16-9-5-6-11(16)10-14/h3-4,7-8,11,15H,2,5-6,9-10,14H2,1H3. The molecule has 1 heterocycles. The normalized spacial score (nSPS) is 19.9. The number of para-hydroxylation sites is 1. The third-order valence-electron chi connectivity index (χ3n) is 3.45. The molecule has 5 nitrogen and oxygen atoms in total. The Morgan fingerprint density at radius 3 is 2.84 bits per heavy atom. The molecule has 1 aliphatic rings. The molecule has 0 radical (unpaired) electrons. The van der Waals surface area contributed by atoms with Gasteiger partial charge in [0.2, 0.25) is 10.0 Å². The Balaban J connectivity index is 2.42. The van der Waals surface area contributed by atoms with E-state index in [0.29, 0.717) is 18.0 Å². The third kappa shape index (κ3) is 2.91. The van der Waals surface area contributed by atoms with Crippen LogP contribution in [0.25, 0.3) is 0 Å². The third-order valence-corrected chi connectivity index (χ3v) is 5.04. The van der Waals surface area contributed by atoms with E-state index in [-0.39, 0.29) is 6.04 Å². The lowest BCUT2D eigenvalue weighted by Gasteiger charge is -2.27. The molecule has 0 amide bonds. The van der Waals surface area contributed by atoms with Crippen LogP contribution in [0.5, 0.6) is 0 Å². The fourth-order valence-corrected chi connectivity index (χ4v) is 3.84. The van der Waals surface area contributed by atoms with Gasteiger partial charge in [-0.2, -0.15) is 0 Å². The number of nitrogens with zero attached hydrogens (tertiary/aromatic N) is 1. The topological polar surface area (TPSA) is 75.4 Å². The number of hydrogen-bond acceptors (Lipinski definition) is 4. The van der Waals surface area contributed by atoms with E-state index in [1.165, 1.54) is 0 Å². The first-order valence-electron chi connectivity index (χ1n) is 6.65. The van der Waals surface area contributed by atoms with Crippen LogP contribution in [-0.4, -0.2) is 34.1 Å². The first-order valence-corrected chi connectivity index (χ1v) is 8.14. The minimum absolute atomic E-state index is 0.234. The van der Waals surface area contributed by atoms with Gasteiger partial charge in [-0.15, -0.1) is 0 Å². The quantitative estimate of drug-likeness (QED) is 0.842. The van der Waals surface area contributed by atoms with Gasteiger partial charge < -0.3 is 10.6 Å². The van der Waals surface area contributed by atoms with Crippen molar-refractivity contribution in [2.24, 2.45) is 5.73 Å². The maximum absolute atomic E-state index is 12.2. The van der Waals surface area contributed by atoms with Gasteiger partial charge in [-0.3, -0.25) is 0 Å². The van der Waals surface area contributed by atoms with E-state index in [1.807, 2.05) is 12.1 Å². The Labute approximate surface area is 114 Å². The summed E-state index contributed by atoms with van der Waals surface area (Å²) in [4.78, 5) is 2.46. The fourth-order valence-electron chi connectivity index (χ4n) is 2.59. The number of anilines is 1. The number of rotatable bonds is 5. The van der Waals surface area contributed by atoms with Crippen molar-refractivity contribution >= 4 is 15.7 Å². The van der Waals surface area contributed by atoms with Crippen molar-refractivity contribution in [3.8, 4) is 0 Å². The summed E-state index contributed by atoms with van der Waals surface area (Å²) in [6, 6.07) is 7.36. The molecule has 19 heavy (non-hydrogen) atoms. The van der Waals surface area contributed by atoms with Gasteiger partial charge in [0.25, 0.3) is 0 Å². The van der Waals surface area contributed by atoms with Gasteiger partial charge in [-0.1, -0.05) is 19.1 Å². The molecule has 0 aliphatic carbocycles. The maximum atomic E-state index is 12.2. The van der Waals surface area contributed by atoms with Crippen LogP contribution in [0.3, 0.4) is 0 Å². The lowest BCUT2D eigenvalue weighted by atomic mass is 10.2. The second kappa shape index (κ2) is 5.90. The Morgan fingerprint density at radius 1 is 1.42 bits per heavy atom. The largest absolute Gasteiger partial charge is 0.366 e. The number of nitrogens with one attached hydrogen (secondary N) is 1. The summed E-state index contributed by atoms with van der Waals surface area (Å²) in [5, 5.41) is 0. The van der Waals surface area contributed by atoms with E-state index in [1.54, 1.807) is 19.1 Å². The van der Waals surface area contributed by atoms with Crippen LogP contribution < -0.4 is 15.4 Å². The maximum Gasteiger partial charge on any atom is 0.242 e. The van der Waals surface area contributed by atoms with Crippen molar-refractivity contribution in [2.75, 3.05) is 24.5 Å². The summed E-state index contributed by atoms with van der Waals surface area (Å²) < 4.78 is 27.0. The van der Waals surface area contributed by atoms with Gasteiger partial charge in [0, 0.05) is 25.7 Å². The zero-order valence-electron chi connectivity index (χ0n) is 11.2. The molecular formula is C13H21N3O2S. The number of nitrogens with two attached hydrogens (primary N) is 1. The van der Waals surface area contributed by atoms with Gasteiger partial charge in [0.05, 0.1) is 5.69 Å². The van der Waals surface area contributed by atoms with Crippen LogP contribution in [0.2, 0.25) is 0 Å². The van der Waals surface area contributed by atoms with Crippen molar-refractivity contribution in [1.82, 2.24) is 4.72 Å². The molecule has 1 aromatic rings. The lowest BCUT2D eigenvalue weighted by Crippen LogP contribution is -2.37.